The zero-order valence-electron chi connectivity index (χ0n) is 11.5. The number of nitrogens with zero attached hydrogens (tertiary/aromatic N) is 1. The molecular formula is C13H21NO3. The van der Waals surface area contributed by atoms with Crippen molar-refractivity contribution in [2.24, 2.45) is 0 Å². The van der Waals surface area contributed by atoms with E-state index >= 15 is 0 Å². The van der Waals surface area contributed by atoms with Crippen LogP contribution in [0.3, 0.4) is 0 Å². The zero-order chi connectivity index (χ0) is 13.5. The number of hydrogen-bond donors (Lipinski definition) is 0. The van der Waals surface area contributed by atoms with E-state index in [9.17, 15) is 4.79 Å². The third-order valence-electron chi connectivity index (χ3n) is 2.63. The fraction of sp³-hybridized carbons (Fsp3) is 0.769. The summed E-state index contributed by atoms with van der Waals surface area (Å²) < 4.78 is 10.9. The lowest BCUT2D eigenvalue weighted by atomic mass is 10.0. The summed E-state index contributed by atoms with van der Waals surface area (Å²) in [5, 5.41) is 0. The summed E-state index contributed by atoms with van der Waals surface area (Å²) in [7, 11) is 0. The van der Waals surface area contributed by atoms with Crippen LogP contribution in [0.1, 0.15) is 41.5 Å². The number of ether oxygens (including phenoxy) is 2. The van der Waals surface area contributed by atoms with Crippen molar-refractivity contribution in [1.82, 2.24) is 4.90 Å². The Labute approximate surface area is 103 Å². The van der Waals surface area contributed by atoms with Crippen LogP contribution in [0.2, 0.25) is 0 Å². The van der Waals surface area contributed by atoms with Crippen LogP contribution in [0, 0.1) is 12.3 Å². The number of hydrogen-bond acceptors (Lipinski definition) is 3. The van der Waals surface area contributed by atoms with E-state index in [1.54, 1.807) is 20.8 Å². The van der Waals surface area contributed by atoms with E-state index in [2.05, 4.69) is 5.92 Å². The van der Waals surface area contributed by atoms with Crippen molar-refractivity contribution in [3.05, 3.63) is 0 Å². The SMILES string of the molecule is C#C[C@]1(C)COC(C)(C)N1C(=O)OC(C)(C)C. The lowest BCUT2D eigenvalue weighted by Gasteiger charge is -2.37. The van der Waals surface area contributed by atoms with Crippen LogP contribution in [0.4, 0.5) is 4.79 Å². The van der Waals surface area contributed by atoms with E-state index in [0.29, 0.717) is 6.61 Å². The number of rotatable bonds is 0. The van der Waals surface area contributed by atoms with Gasteiger partial charge in [-0.05, 0) is 41.5 Å². The molecule has 1 heterocycles. The lowest BCUT2D eigenvalue weighted by molar-refractivity contribution is -0.0647. The monoisotopic (exact) mass is 239 g/mol. The molecule has 0 radical (unpaired) electrons. The fourth-order valence-corrected chi connectivity index (χ4v) is 1.88. The van der Waals surface area contributed by atoms with Gasteiger partial charge in [0, 0.05) is 0 Å². The predicted octanol–water partition coefficient (Wildman–Crippen LogP) is 2.38. The van der Waals surface area contributed by atoms with Gasteiger partial charge in [0.05, 0.1) is 6.61 Å². The molecule has 1 saturated heterocycles. The molecule has 1 atom stereocenters. The summed E-state index contributed by atoms with van der Waals surface area (Å²) >= 11 is 0. The average Bonchev–Trinajstić information content (AvgIpc) is 2.35. The third-order valence-corrected chi connectivity index (χ3v) is 2.63. The molecule has 0 aromatic heterocycles. The largest absolute Gasteiger partial charge is 0.444 e. The Morgan fingerprint density at radius 2 is 1.94 bits per heavy atom. The van der Waals surface area contributed by atoms with E-state index in [0.717, 1.165) is 0 Å². The van der Waals surface area contributed by atoms with Gasteiger partial charge in [0.25, 0.3) is 0 Å². The van der Waals surface area contributed by atoms with E-state index in [1.807, 2.05) is 20.8 Å². The van der Waals surface area contributed by atoms with Crippen molar-refractivity contribution in [1.29, 1.82) is 0 Å². The molecule has 96 valence electrons. The highest BCUT2D eigenvalue weighted by Gasteiger charge is 2.52. The van der Waals surface area contributed by atoms with E-state index in [-0.39, 0.29) is 0 Å². The molecule has 1 aliphatic heterocycles. The standard InChI is InChI=1S/C13H21NO3/c1-8-13(7)9-16-12(5,6)14(13)10(15)17-11(2,3)4/h1H,9H2,2-7H3/t13-/m1/s1. The van der Waals surface area contributed by atoms with Crippen LogP contribution in [-0.4, -0.2) is 34.5 Å². The van der Waals surface area contributed by atoms with Crippen molar-refractivity contribution < 1.29 is 14.3 Å². The second-order valence-corrected chi connectivity index (χ2v) is 5.97. The minimum absolute atomic E-state index is 0.315. The minimum atomic E-state index is -0.758. The smallest absolute Gasteiger partial charge is 0.413 e. The molecule has 0 saturated carbocycles. The lowest BCUT2D eigenvalue weighted by Crippen LogP contribution is -2.54. The molecule has 0 bridgehead atoms. The summed E-state index contributed by atoms with van der Waals surface area (Å²) in [5.74, 6) is 2.61. The Morgan fingerprint density at radius 1 is 1.41 bits per heavy atom. The van der Waals surface area contributed by atoms with Gasteiger partial charge in [-0.2, -0.15) is 0 Å². The van der Waals surface area contributed by atoms with Crippen LogP contribution in [0.15, 0.2) is 0 Å². The topological polar surface area (TPSA) is 38.8 Å². The molecule has 4 nitrogen and oxygen atoms in total. The second kappa shape index (κ2) is 3.92. The maximum Gasteiger partial charge on any atom is 0.413 e. The summed E-state index contributed by atoms with van der Waals surface area (Å²) in [6.07, 6.45) is 5.06. The van der Waals surface area contributed by atoms with Gasteiger partial charge in [-0.3, -0.25) is 4.90 Å². The highest BCUT2D eigenvalue weighted by atomic mass is 16.6. The summed E-state index contributed by atoms with van der Waals surface area (Å²) in [5.41, 5.74) is -2.06. The molecule has 0 unspecified atom stereocenters. The Hall–Kier alpha value is -1.21. The summed E-state index contributed by atoms with van der Waals surface area (Å²) in [6, 6.07) is 0. The highest BCUT2D eigenvalue weighted by Crippen LogP contribution is 2.35. The zero-order valence-corrected chi connectivity index (χ0v) is 11.5. The van der Waals surface area contributed by atoms with Gasteiger partial charge >= 0.3 is 6.09 Å². The molecule has 1 fully saturated rings. The van der Waals surface area contributed by atoms with Gasteiger partial charge in [-0.15, -0.1) is 6.42 Å². The maximum absolute atomic E-state index is 12.2. The van der Waals surface area contributed by atoms with Crippen LogP contribution >= 0.6 is 0 Å². The summed E-state index contributed by atoms with van der Waals surface area (Å²) in [6.45, 7) is 11.2. The van der Waals surface area contributed by atoms with Crippen LogP contribution in [-0.2, 0) is 9.47 Å². The molecule has 0 aliphatic carbocycles. The first-order chi connectivity index (χ1) is 7.52. The van der Waals surface area contributed by atoms with E-state index < -0.39 is 23.0 Å². The molecule has 1 amide bonds. The Morgan fingerprint density at radius 3 is 2.35 bits per heavy atom. The number of terminal acetylenes is 1. The minimum Gasteiger partial charge on any atom is -0.444 e. The van der Waals surface area contributed by atoms with Gasteiger partial charge in [0.1, 0.15) is 16.9 Å². The maximum atomic E-state index is 12.2. The summed E-state index contributed by atoms with van der Waals surface area (Å²) in [4.78, 5) is 13.7. The van der Waals surface area contributed by atoms with Crippen molar-refractivity contribution in [2.45, 2.75) is 58.4 Å². The Bertz CT molecular complexity index is 362. The molecule has 1 aliphatic rings. The molecule has 0 N–H and O–H groups in total. The first-order valence-corrected chi connectivity index (χ1v) is 5.67. The first kappa shape index (κ1) is 13.9. The van der Waals surface area contributed by atoms with Gasteiger partial charge in [-0.25, -0.2) is 4.79 Å². The fourth-order valence-electron chi connectivity index (χ4n) is 1.88. The average molecular weight is 239 g/mol. The normalized spacial score (nSPS) is 27.7. The Balaban J connectivity index is 3.00. The Kier molecular flexibility index (Phi) is 3.19. The third kappa shape index (κ3) is 2.73. The van der Waals surface area contributed by atoms with Gasteiger partial charge in [0.2, 0.25) is 0 Å². The highest BCUT2D eigenvalue weighted by molar-refractivity contribution is 5.71. The van der Waals surface area contributed by atoms with Crippen molar-refractivity contribution >= 4 is 6.09 Å². The quantitative estimate of drug-likeness (QED) is 0.609. The number of carbonyl (C=O) groups excluding carboxylic acids is 1. The second-order valence-electron chi connectivity index (χ2n) is 5.97. The predicted molar refractivity (Wildman–Crippen MR) is 65.3 cm³/mol. The van der Waals surface area contributed by atoms with Crippen LogP contribution in [0.25, 0.3) is 0 Å². The van der Waals surface area contributed by atoms with Gasteiger partial charge in [-0.1, -0.05) is 5.92 Å². The van der Waals surface area contributed by atoms with Crippen LogP contribution < -0.4 is 0 Å². The van der Waals surface area contributed by atoms with Crippen molar-refractivity contribution in [3.8, 4) is 12.3 Å². The van der Waals surface area contributed by atoms with Crippen molar-refractivity contribution in [3.63, 3.8) is 0 Å². The van der Waals surface area contributed by atoms with Gasteiger partial charge < -0.3 is 9.47 Å². The molecular weight excluding hydrogens is 218 g/mol. The number of amides is 1. The van der Waals surface area contributed by atoms with E-state index in [4.69, 9.17) is 15.9 Å². The van der Waals surface area contributed by atoms with E-state index in [1.165, 1.54) is 4.90 Å². The van der Waals surface area contributed by atoms with Crippen molar-refractivity contribution in [2.75, 3.05) is 6.61 Å². The molecule has 4 heteroatoms. The van der Waals surface area contributed by atoms with Gasteiger partial charge in [0.15, 0.2) is 0 Å². The molecule has 0 aromatic rings. The number of carbonyl (C=O) groups is 1. The van der Waals surface area contributed by atoms with Crippen LogP contribution in [0.5, 0.6) is 0 Å². The molecule has 0 aromatic carbocycles. The molecule has 0 spiro atoms. The molecule has 17 heavy (non-hydrogen) atoms. The first-order valence-electron chi connectivity index (χ1n) is 5.67. The molecule has 1 rings (SSSR count).